The monoisotopic (exact) mass is 246 g/mol. The van der Waals surface area contributed by atoms with E-state index < -0.39 is 30.5 Å². The second kappa shape index (κ2) is 3.80. The lowest BCUT2D eigenvalue weighted by Crippen LogP contribution is -2.14. The van der Waals surface area contributed by atoms with Crippen molar-refractivity contribution in [1.29, 1.82) is 0 Å². The first-order valence-corrected chi connectivity index (χ1v) is 5.14. The minimum absolute atomic E-state index is 0.0134. The zero-order valence-electron chi connectivity index (χ0n) is 15.4. The Labute approximate surface area is 113 Å². The third kappa shape index (κ3) is 1.44. The molecule has 3 heterocycles. The number of aromatic nitrogens is 2. The van der Waals surface area contributed by atoms with Crippen molar-refractivity contribution in [3.63, 3.8) is 0 Å². The number of nitrogens with one attached hydrogen (secondary N) is 1. The van der Waals surface area contributed by atoms with Crippen LogP contribution in [-0.4, -0.2) is 22.9 Å². The predicted molar refractivity (Wildman–Crippen MR) is 69.2 cm³/mol. The number of hydrogen-bond donors (Lipinski definition) is 1. The van der Waals surface area contributed by atoms with Crippen LogP contribution in [0.4, 0.5) is 17.3 Å². The van der Waals surface area contributed by atoms with Crippen molar-refractivity contribution < 1.29 is 13.0 Å². The molecule has 2 aromatic rings. The molecule has 5 heteroatoms. The van der Waals surface area contributed by atoms with Gasteiger partial charge >= 0.3 is 0 Å². The van der Waals surface area contributed by atoms with Gasteiger partial charge < -0.3 is 10.2 Å². The number of carbonyl (C=O) groups is 1. The molecule has 0 radical (unpaired) electrons. The topological polar surface area (TPSA) is 58.1 Å². The number of anilines is 3. The van der Waals surface area contributed by atoms with E-state index in [1.54, 1.807) is 0 Å². The molecule has 1 aliphatic heterocycles. The minimum Gasteiger partial charge on any atom is -0.318 e. The summed E-state index contributed by atoms with van der Waals surface area (Å²) < 4.78 is 46.1. The number of pyridine rings is 2. The molecular formula is C13H12N4O. The maximum atomic E-state index is 12.5. The van der Waals surface area contributed by atoms with Gasteiger partial charge in [0, 0.05) is 23.5 Å². The van der Waals surface area contributed by atoms with Crippen molar-refractivity contribution >= 4 is 23.2 Å². The fourth-order valence-corrected chi connectivity index (χ4v) is 1.80. The van der Waals surface area contributed by atoms with Crippen molar-refractivity contribution in [1.82, 2.24) is 9.97 Å². The first-order valence-electron chi connectivity index (χ1n) is 8.14. The maximum Gasteiger partial charge on any atom is 0.259 e. The average molecular weight is 246 g/mol. The third-order valence-corrected chi connectivity index (χ3v) is 2.66. The molecule has 0 aromatic carbocycles. The SMILES string of the molecule is [2H]c1cnc2c(c1)C(=O)Nc1c(nc([2H])c([2H])c1C([2H])([2H])[2H])N2C. The Balaban J connectivity index is 2.35. The van der Waals surface area contributed by atoms with Crippen molar-refractivity contribution in [2.75, 3.05) is 17.3 Å². The molecule has 1 amide bonds. The van der Waals surface area contributed by atoms with Crippen LogP contribution in [0.15, 0.2) is 30.5 Å². The van der Waals surface area contributed by atoms with Gasteiger partial charge in [-0.3, -0.25) is 4.79 Å². The lowest BCUT2D eigenvalue weighted by molar-refractivity contribution is 0.102. The van der Waals surface area contributed by atoms with Gasteiger partial charge in [-0.25, -0.2) is 9.97 Å². The summed E-state index contributed by atoms with van der Waals surface area (Å²) >= 11 is 0. The Bertz CT molecular complexity index is 867. The van der Waals surface area contributed by atoms with E-state index in [-0.39, 0.29) is 28.9 Å². The van der Waals surface area contributed by atoms with Crippen LogP contribution in [0, 0.1) is 6.85 Å². The normalized spacial score (nSPS) is 18.9. The van der Waals surface area contributed by atoms with Crippen molar-refractivity contribution in [3.05, 3.63) is 41.6 Å². The summed E-state index contributed by atoms with van der Waals surface area (Å²) in [6.45, 7) is -2.71. The summed E-state index contributed by atoms with van der Waals surface area (Å²) in [5.74, 6) is -0.454. The molecule has 90 valence electrons. The van der Waals surface area contributed by atoms with E-state index in [4.69, 9.17) is 8.22 Å². The van der Waals surface area contributed by atoms with Gasteiger partial charge in [0.1, 0.15) is 5.82 Å². The van der Waals surface area contributed by atoms with Gasteiger partial charge in [0.2, 0.25) is 0 Å². The molecule has 2 aromatic heterocycles. The molecule has 1 aliphatic rings. The zero-order chi connectivity index (χ0) is 17.8. The smallest absolute Gasteiger partial charge is 0.259 e. The summed E-state index contributed by atoms with van der Waals surface area (Å²) in [5.41, 5.74) is -0.512. The predicted octanol–water partition coefficient (Wildman–Crippen LogP) is 2.12. The molecule has 3 rings (SSSR count). The van der Waals surface area contributed by atoms with Crippen molar-refractivity contribution in [2.24, 2.45) is 0 Å². The summed E-state index contributed by atoms with van der Waals surface area (Å²) in [5, 5.41) is 2.45. The highest BCUT2D eigenvalue weighted by atomic mass is 16.1. The molecule has 5 nitrogen and oxygen atoms in total. The minimum atomic E-state index is -2.71. The summed E-state index contributed by atoms with van der Waals surface area (Å²) in [4.78, 5) is 21.8. The second-order valence-corrected chi connectivity index (χ2v) is 3.74. The van der Waals surface area contributed by atoms with E-state index in [2.05, 4.69) is 15.3 Å². The molecule has 0 atom stereocenters. The quantitative estimate of drug-likeness (QED) is 0.773. The molecule has 0 fully saturated rings. The number of rotatable bonds is 0. The first-order chi connectivity index (χ1) is 11.1. The lowest BCUT2D eigenvalue weighted by atomic mass is 10.2. The molecule has 0 bridgehead atoms. The van der Waals surface area contributed by atoms with E-state index >= 15 is 0 Å². The highest BCUT2D eigenvalue weighted by molar-refractivity contribution is 6.11. The van der Waals surface area contributed by atoms with Crippen LogP contribution in [0.2, 0.25) is 0 Å². The molecule has 0 unspecified atom stereocenters. The summed E-state index contributed by atoms with van der Waals surface area (Å²) in [6.07, 6.45) is 0.736. The molecule has 0 aliphatic carbocycles. The Hall–Kier alpha value is -2.43. The van der Waals surface area contributed by atoms with E-state index in [0.29, 0.717) is 0 Å². The largest absolute Gasteiger partial charge is 0.318 e. The molecule has 0 spiro atoms. The Morgan fingerprint density at radius 2 is 2.33 bits per heavy atom. The lowest BCUT2D eigenvalue weighted by Gasteiger charge is -2.18. The van der Waals surface area contributed by atoms with Gasteiger partial charge in [0.25, 0.3) is 5.91 Å². The standard InChI is InChI=1S/C13H12N4O/c1-8-5-7-15-12-10(8)16-13(18)9-4-3-6-14-11(9)17(12)2/h3-7H,1-2H3,(H,16,18)/i1D3,3D,5D,7D. The van der Waals surface area contributed by atoms with Crippen LogP contribution in [0.1, 0.15) is 24.1 Å². The van der Waals surface area contributed by atoms with Gasteiger partial charge in [0.15, 0.2) is 5.82 Å². The second-order valence-electron chi connectivity index (χ2n) is 3.74. The summed E-state index contributed by atoms with van der Waals surface area (Å²) in [7, 11) is 1.52. The Morgan fingerprint density at radius 3 is 3.17 bits per heavy atom. The van der Waals surface area contributed by atoms with Crippen LogP contribution in [0.5, 0.6) is 0 Å². The van der Waals surface area contributed by atoms with Crippen molar-refractivity contribution in [2.45, 2.75) is 6.85 Å². The van der Waals surface area contributed by atoms with Gasteiger partial charge in [-0.2, -0.15) is 0 Å². The number of fused-ring (bicyclic) bond motifs is 2. The van der Waals surface area contributed by atoms with E-state index in [0.717, 1.165) is 0 Å². The van der Waals surface area contributed by atoms with Crippen LogP contribution in [0.3, 0.4) is 0 Å². The zero-order valence-corrected chi connectivity index (χ0v) is 9.40. The van der Waals surface area contributed by atoms with Crippen molar-refractivity contribution in [3.8, 4) is 0 Å². The highest BCUT2D eigenvalue weighted by Gasteiger charge is 2.25. The average Bonchev–Trinajstić information content (AvgIpc) is 2.56. The molecule has 18 heavy (non-hydrogen) atoms. The number of amides is 1. The van der Waals surface area contributed by atoms with Gasteiger partial charge in [0.05, 0.1) is 15.4 Å². The molecule has 1 N–H and O–H groups in total. The van der Waals surface area contributed by atoms with E-state index in [1.165, 1.54) is 24.2 Å². The fraction of sp³-hybridized carbons (Fsp3) is 0.154. The number of carbonyl (C=O) groups excluding carboxylic acids is 1. The van der Waals surface area contributed by atoms with Crippen LogP contribution >= 0.6 is 0 Å². The highest BCUT2D eigenvalue weighted by Crippen LogP contribution is 2.35. The number of nitrogens with zero attached hydrogens (tertiary/aromatic N) is 3. The van der Waals surface area contributed by atoms with Gasteiger partial charge in [-0.05, 0) is 30.6 Å². The molecule has 0 saturated heterocycles. The summed E-state index contributed by atoms with van der Waals surface area (Å²) in [6, 6.07) is 0.760. The fourth-order valence-electron chi connectivity index (χ4n) is 1.80. The molecule has 0 saturated carbocycles. The van der Waals surface area contributed by atoms with Crippen LogP contribution in [0.25, 0.3) is 0 Å². The van der Waals surface area contributed by atoms with Crippen LogP contribution in [-0.2, 0) is 0 Å². The maximum absolute atomic E-state index is 12.5. The van der Waals surface area contributed by atoms with Gasteiger partial charge in [-0.15, -0.1) is 0 Å². The first kappa shape index (κ1) is 5.95. The Kier molecular flexibility index (Phi) is 1.26. The number of hydrogen-bond acceptors (Lipinski definition) is 4. The van der Waals surface area contributed by atoms with Crippen LogP contribution < -0.4 is 10.2 Å². The van der Waals surface area contributed by atoms with E-state index in [1.807, 2.05) is 0 Å². The third-order valence-electron chi connectivity index (χ3n) is 2.66. The Morgan fingerprint density at radius 1 is 1.44 bits per heavy atom. The van der Waals surface area contributed by atoms with E-state index in [9.17, 15) is 4.79 Å². The van der Waals surface area contributed by atoms with Gasteiger partial charge in [-0.1, -0.05) is 0 Å². The molecular weight excluding hydrogens is 228 g/mol.